The summed E-state index contributed by atoms with van der Waals surface area (Å²) in [5, 5.41) is 12.5. The fourth-order valence-corrected chi connectivity index (χ4v) is 4.03. The average molecular weight is 442 g/mol. The van der Waals surface area contributed by atoms with E-state index in [2.05, 4.69) is 6.92 Å². The zero-order chi connectivity index (χ0) is 18.6. The fourth-order valence-electron chi connectivity index (χ4n) is 2.43. The predicted octanol–water partition coefficient (Wildman–Crippen LogP) is 6.50. The molecule has 25 heavy (non-hydrogen) atoms. The molecular formula is C16H16Cl4N2O2S. The maximum absolute atomic E-state index is 11.7. The van der Waals surface area contributed by atoms with E-state index in [0.29, 0.717) is 29.1 Å². The van der Waals surface area contributed by atoms with Crippen LogP contribution in [-0.4, -0.2) is 22.9 Å². The largest absolute Gasteiger partial charge is 0.360 e. The summed E-state index contributed by atoms with van der Waals surface area (Å²) in [4.78, 5) is 13.9. The van der Waals surface area contributed by atoms with Crippen molar-refractivity contribution in [3.8, 4) is 0 Å². The molecule has 0 aliphatic carbocycles. The Balaban J connectivity index is 2.49. The molecule has 0 N–H and O–H groups in total. The molecule has 0 unspecified atom stereocenters. The van der Waals surface area contributed by atoms with Crippen molar-refractivity contribution in [3.63, 3.8) is 0 Å². The first-order valence-electron chi connectivity index (χ1n) is 7.57. The Bertz CT molecular complexity index is 695. The van der Waals surface area contributed by atoms with Gasteiger partial charge in [0.25, 0.3) is 0 Å². The average Bonchev–Trinajstić information content (AvgIpc) is 2.56. The molecule has 4 nitrogen and oxygen atoms in total. The van der Waals surface area contributed by atoms with Crippen molar-refractivity contribution in [2.75, 3.05) is 13.1 Å². The standard InChI is InChI=1S/C16H16Cl4N2O2S/c1-10-6-8-21(9-7-10)16(14(22(23)24)13(18)15(19)20)25-12-4-2-11(17)3-5-12/h2-5,10H,6-9H2,1H3/b16-14-. The van der Waals surface area contributed by atoms with Gasteiger partial charge < -0.3 is 4.90 Å². The summed E-state index contributed by atoms with van der Waals surface area (Å²) in [5.74, 6) is 0.583. The van der Waals surface area contributed by atoms with Crippen LogP contribution in [0.2, 0.25) is 5.02 Å². The summed E-state index contributed by atoms with van der Waals surface area (Å²) >= 11 is 24.7. The normalized spacial score (nSPS) is 16.4. The molecule has 2 rings (SSSR count). The maximum atomic E-state index is 11.7. The third-order valence-corrected chi connectivity index (χ3v) is 6.20. The van der Waals surface area contributed by atoms with Crippen LogP contribution in [0.15, 0.2) is 49.4 Å². The van der Waals surface area contributed by atoms with Gasteiger partial charge in [0, 0.05) is 23.0 Å². The van der Waals surface area contributed by atoms with Gasteiger partial charge in [0.1, 0.15) is 4.49 Å². The highest BCUT2D eigenvalue weighted by molar-refractivity contribution is 8.03. The van der Waals surface area contributed by atoms with E-state index in [1.165, 1.54) is 11.8 Å². The van der Waals surface area contributed by atoms with Gasteiger partial charge in [0.05, 0.1) is 4.92 Å². The van der Waals surface area contributed by atoms with E-state index in [1.807, 2.05) is 4.90 Å². The molecule has 0 atom stereocenters. The third kappa shape index (κ3) is 5.69. The van der Waals surface area contributed by atoms with E-state index >= 15 is 0 Å². The molecule has 1 aliphatic heterocycles. The van der Waals surface area contributed by atoms with Crippen LogP contribution >= 0.6 is 58.2 Å². The highest BCUT2D eigenvalue weighted by Crippen LogP contribution is 2.39. The van der Waals surface area contributed by atoms with Crippen LogP contribution in [0.5, 0.6) is 0 Å². The molecule has 1 fully saturated rings. The molecule has 9 heteroatoms. The summed E-state index contributed by atoms with van der Waals surface area (Å²) in [7, 11) is 0. The molecule has 0 radical (unpaired) electrons. The number of benzene rings is 1. The SMILES string of the molecule is CC1CCN(/C(Sc2ccc(Cl)cc2)=C(\C(Cl)=C(Cl)Cl)[N+](=O)[O-])CC1. The molecule has 0 amide bonds. The van der Waals surface area contributed by atoms with Gasteiger partial charge in [-0.2, -0.15) is 0 Å². The van der Waals surface area contributed by atoms with Crippen LogP contribution in [0.25, 0.3) is 0 Å². The van der Waals surface area contributed by atoms with E-state index in [1.54, 1.807) is 24.3 Å². The molecular weight excluding hydrogens is 426 g/mol. The van der Waals surface area contributed by atoms with Gasteiger partial charge in [0.15, 0.2) is 10.1 Å². The van der Waals surface area contributed by atoms with Crippen LogP contribution in [0.3, 0.4) is 0 Å². The number of nitrogens with zero attached hydrogens (tertiary/aromatic N) is 2. The van der Waals surface area contributed by atoms with Gasteiger partial charge in [-0.1, -0.05) is 65.1 Å². The Morgan fingerprint density at radius 2 is 1.76 bits per heavy atom. The zero-order valence-corrected chi connectivity index (χ0v) is 17.2. The minimum absolute atomic E-state index is 0.261. The van der Waals surface area contributed by atoms with Crippen LogP contribution < -0.4 is 0 Å². The molecule has 0 saturated carbocycles. The van der Waals surface area contributed by atoms with E-state index < -0.39 is 4.92 Å². The molecule has 0 bridgehead atoms. The van der Waals surface area contributed by atoms with Gasteiger partial charge in [-0.05, 0) is 43.0 Å². The summed E-state index contributed by atoms with van der Waals surface area (Å²) < 4.78 is -0.326. The minimum atomic E-state index is -0.538. The number of allylic oxidation sites excluding steroid dienone is 1. The molecule has 1 aliphatic rings. The lowest BCUT2D eigenvalue weighted by molar-refractivity contribution is -0.421. The van der Waals surface area contributed by atoms with Crippen molar-refractivity contribution in [2.24, 2.45) is 5.92 Å². The topological polar surface area (TPSA) is 46.4 Å². The lowest BCUT2D eigenvalue weighted by atomic mass is 9.99. The fraction of sp³-hybridized carbons (Fsp3) is 0.375. The first-order chi connectivity index (χ1) is 11.8. The zero-order valence-electron chi connectivity index (χ0n) is 13.3. The number of hydrogen-bond donors (Lipinski definition) is 0. The molecule has 0 spiro atoms. The summed E-state index contributed by atoms with van der Waals surface area (Å²) in [5.41, 5.74) is -0.281. The summed E-state index contributed by atoms with van der Waals surface area (Å²) in [6.07, 6.45) is 1.90. The first kappa shape index (κ1) is 20.7. The van der Waals surface area contributed by atoms with E-state index in [-0.39, 0.29) is 15.2 Å². The van der Waals surface area contributed by atoms with Crippen LogP contribution in [-0.2, 0) is 0 Å². The van der Waals surface area contributed by atoms with Gasteiger partial charge in [-0.25, -0.2) is 0 Å². The highest BCUT2D eigenvalue weighted by atomic mass is 35.5. The molecule has 1 aromatic carbocycles. The van der Waals surface area contributed by atoms with Crippen molar-refractivity contribution in [1.29, 1.82) is 0 Å². The first-order valence-corrected chi connectivity index (χ1v) is 9.90. The summed E-state index contributed by atoms with van der Waals surface area (Å²) in [6.45, 7) is 3.58. The number of halogens is 4. The van der Waals surface area contributed by atoms with E-state index in [9.17, 15) is 10.1 Å². The van der Waals surface area contributed by atoms with Crippen LogP contribution in [0, 0.1) is 16.0 Å². The van der Waals surface area contributed by atoms with Crippen molar-refractivity contribution >= 4 is 58.2 Å². The maximum Gasteiger partial charge on any atom is 0.320 e. The Hall–Kier alpha value is -0.590. The smallest absolute Gasteiger partial charge is 0.320 e. The Morgan fingerprint density at radius 3 is 2.24 bits per heavy atom. The van der Waals surface area contributed by atoms with E-state index in [4.69, 9.17) is 46.4 Å². The van der Waals surface area contributed by atoms with E-state index in [0.717, 1.165) is 17.7 Å². The quantitative estimate of drug-likeness (QED) is 0.226. The number of likely N-dealkylation sites (tertiary alicyclic amines) is 1. The second-order valence-electron chi connectivity index (χ2n) is 5.71. The number of hydrogen-bond acceptors (Lipinski definition) is 4. The Morgan fingerprint density at radius 1 is 1.20 bits per heavy atom. The van der Waals surface area contributed by atoms with Crippen LogP contribution in [0.4, 0.5) is 0 Å². The Labute approximate surface area is 170 Å². The number of piperidine rings is 1. The number of thioether (sulfide) groups is 1. The Kier molecular flexibility index (Phi) is 7.77. The van der Waals surface area contributed by atoms with Gasteiger partial charge >= 0.3 is 5.70 Å². The molecule has 1 aromatic rings. The van der Waals surface area contributed by atoms with Crippen LogP contribution in [0.1, 0.15) is 19.8 Å². The van der Waals surface area contributed by atoms with Crippen molar-refractivity contribution in [1.82, 2.24) is 4.90 Å². The third-order valence-electron chi connectivity index (χ3n) is 3.86. The van der Waals surface area contributed by atoms with Gasteiger partial charge in [0.2, 0.25) is 0 Å². The lowest BCUT2D eigenvalue weighted by Gasteiger charge is -2.33. The second kappa shape index (κ2) is 9.38. The number of nitro groups is 1. The molecule has 136 valence electrons. The van der Waals surface area contributed by atoms with Crippen molar-refractivity contribution < 1.29 is 4.92 Å². The molecule has 1 heterocycles. The summed E-state index contributed by atoms with van der Waals surface area (Å²) in [6, 6.07) is 7.07. The molecule has 0 aromatic heterocycles. The second-order valence-corrected chi connectivity index (χ2v) is 8.54. The minimum Gasteiger partial charge on any atom is -0.360 e. The monoisotopic (exact) mass is 440 g/mol. The van der Waals surface area contributed by atoms with Gasteiger partial charge in [-0.15, -0.1) is 0 Å². The van der Waals surface area contributed by atoms with Crippen molar-refractivity contribution in [2.45, 2.75) is 24.7 Å². The predicted molar refractivity (Wildman–Crippen MR) is 106 cm³/mol. The lowest BCUT2D eigenvalue weighted by Crippen LogP contribution is -2.33. The van der Waals surface area contributed by atoms with Crippen molar-refractivity contribution in [3.05, 3.63) is 59.7 Å². The highest BCUT2D eigenvalue weighted by Gasteiger charge is 2.31. The number of rotatable bonds is 5. The van der Waals surface area contributed by atoms with Gasteiger partial charge in [-0.3, -0.25) is 10.1 Å². The molecule has 1 saturated heterocycles.